The van der Waals surface area contributed by atoms with Gasteiger partial charge in [-0.3, -0.25) is 13.9 Å². The predicted molar refractivity (Wildman–Crippen MR) is 148 cm³/mol. The van der Waals surface area contributed by atoms with Gasteiger partial charge in [0, 0.05) is 19.2 Å². The average Bonchev–Trinajstić information content (AvgIpc) is 2.94. The summed E-state index contributed by atoms with van der Waals surface area (Å²) in [7, 11) is -2.63. The number of methoxy groups -OCH3 is 1. The molecule has 2 amide bonds. The van der Waals surface area contributed by atoms with E-state index in [4.69, 9.17) is 4.74 Å². The highest BCUT2D eigenvalue weighted by Crippen LogP contribution is 2.27. The molecule has 8 nitrogen and oxygen atoms in total. The van der Waals surface area contributed by atoms with Crippen molar-refractivity contribution in [1.82, 2.24) is 10.2 Å². The van der Waals surface area contributed by atoms with Gasteiger partial charge in [0.05, 0.1) is 17.7 Å². The second-order valence-corrected chi connectivity index (χ2v) is 10.9. The van der Waals surface area contributed by atoms with Crippen LogP contribution in [-0.4, -0.2) is 51.4 Å². The molecule has 0 bridgehead atoms. The average molecular weight is 538 g/mol. The van der Waals surface area contributed by atoms with Crippen molar-refractivity contribution in [1.29, 1.82) is 0 Å². The Kier molecular flexibility index (Phi) is 9.90. The van der Waals surface area contributed by atoms with E-state index >= 15 is 0 Å². The third-order valence-corrected chi connectivity index (χ3v) is 7.93. The number of amides is 2. The van der Waals surface area contributed by atoms with E-state index in [9.17, 15) is 18.0 Å². The largest absolute Gasteiger partial charge is 0.497 e. The summed E-state index contributed by atoms with van der Waals surface area (Å²) in [5, 5.41) is 2.84. The van der Waals surface area contributed by atoms with Crippen LogP contribution in [-0.2, 0) is 26.2 Å². The maximum absolute atomic E-state index is 13.9. The molecule has 0 aliphatic carbocycles. The number of carbonyl (C=O) groups excluding carboxylic acids is 2. The molecule has 1 N–H and O–H groups in total. The van der Waals surface area contributed by atoms with Crippen LogP contribution in [0.3, 0.4) is 0 Å². The van der Waals surface area contributed by atoms with Crippen LogP contribution in [0.25, 0.3) is 0 Å². The van der Waals surface area contributed by atoms with E-state index in [2.05, 4.69) is 5.32 Å². The summed E-state index contributed by atoms with van der Waals surface area (Å²) in [6.45, 7) is 5.69. The van der Waals surface area contributed by atoms with Crippen molar-refractivity contribution < 1.29 is 22.7 Å². The minimum Gasteiger partial charge on any atom is -0.497 e. The number of hydrogen-bond donors (Lipinski definition) is 1. The highest BCUT2D eigenvalue weighted by Gasteiger charge is 2.32. The van der Waals surface area contributed by atoms with E-state index in [0.717, 1.165) is 21.9 Å². The second-order valence-electron chi connectivity index (χ2n) is 9.00. The fraction of sp³-hybridized carbons (Fsp3) is 0.310. The molecule has 0 saturated heterocycles. The van der Waals surface area contributed by atoms with Crippen molar-refractivity contribution in [3.05, 3.63) is 90.0 Å². The summed E-state index contributed by atoms with van der Waals surface area (Å²) in [5.41, 5.74) is 2.18. The van der Waals surface area contributed by atoms with Gasteiger partial charge in [-0.15, -0.1) is 0 Å². The lowest BCUT2D eigenvalue weighted by Crippen LogP contribution is -2.51. The van der Waals surface area contributed by atoms with Crippen molar-refractivity contribution in [2.75, 3.05) is 24.5 Å². The Hall–Kier alpha value is -3.85. The van der Waals surface area contributed by atoms with Crippen LogP contribution in [0.5, 0.6) is 5.75 Å². The van der Waals surface area contributed by atoms with Gasteiger partial charge in [0.25, 0.3) is 10.0 Å². The van der Waals surface area contributed by atoms with Gasteiger partial charge in [-0.05, 0) is 50.1 Å². The van der Waals surface area contributed by atoms with E-state index < -0.39 is 28.5 Å². The van der Waals surface area contributed by atoms with E-state index in [1.54, 1.807) is 49.4 Å². The lowest BCUT2D eigenvalue weighted by Gasteiger charge is -2.32. The van der Waals surface area contributed by atoms with Gasteiger partial charge >= 0.3 is 0 Å². The third-order valence-electron chi connectivity index (χ3n) is 6.14. The molecule has 3 rings (SSSR count). The van der Waals surface area contributed by atoms with Crippen LogP contribution in [0, 0.1) is 6.92 Å². The number of nitrogens with zero attached hydrogens (tertiary/aromatic N) is 2. The Morgan fingerprint density at radius 1 is 0.974 bits per heavy atom. The fourth-order valence-corrected chi connectivity index (χ4v) is 5.31. The van der Waals surface area contributed by atoms with Gasteiger partial charge in [-0.2, -0.15) is 0 Å². The van der Waals surface area contributed by atoms with Crippen LogP contribution in [0.15, 0.2) is 83.8 Å². The number of benzene rings is 3. The first kappa shape index (κ1) is 28.7. The number of aryl methyl sites for hydroxylation is 1. The van der Waals surface area contributed by atoms with Gasteiger partial charge in [-0.1, -0.05) is 61.0 Å². The Bertz CT molecular complexity index is 1330. The van der Waals surface area contributed by atoms with E-state index in [1.807, 2.05) is 38.1 Å². The lowest BCUT2D eigenvalue weighted by atomic mass is 10.1. The number of rotatable bonds is 12. The van der Waals surface area contributed by atoms with Crippen molar-refractivity contribution in [2.45, 2.75) is 44.7 Å². The summed E-state index contributed by atoms with van der Waals surface area (Å²) in [6.07, 6.45) is 0.753. The first-order chi connectivity index (χ1) is 18.2. The molecule has 202 valence electrons. The SMILES string of the molecule is CCCNC(=O)[C@@H](C)N(Cc1ccc(C)cc1)C(=O)CN(c1cccc(OC)c1)S(=O)(=O)c1ccccc1. The number of sulfonamides is 1. The zero-order chi connectivity index (χ0) is 27.7. The zero-order valence-electron chi connectivity index (χ0n) is 22.3. The molecule has 0 fully saturated rings. The Labute approximate surface area is 225 Å². The molecule has 1 atom stereocenters. The minimum absolute atomic E-state index is 0.0504. The molecule has 9 heteroatoms. The Morgan fingerprint density at radius 2 is 1.66 bits per heavy atom. The van der Waals surface area contributed by atoms with Crippen molar-refractivity contribution in [2.24, 2.45) is 0 Å². The number of hydrogen-bond acceptors (Lipinski definition) is 5. The molecule has 0 unspecified atom stereocenters. The molecular formula is C29H35N3O5S. The molecule has 0 saturated carbocycles. The van der Waals surface area contributed by atoms with Gasteiger partial charge in [0.15, 0.2) is 0 Å². The summed E-state index contributed by atoms with van der Waals surface area (Å²) < 4.78 is 33.9. The highest BCUT2D eigenvalue weighted by molar-refractivity contribution is 7.92. The molecule has 0 aliphatic heterocycles. The second kappa shape index (κ2) is 13.1. The van der Waals surface area contributed by atoms with Crippen LogP contribution in [0.1, 0.15) is 31.4 Å². The summed E-state index contributed by atoms with van der Waals surface area (Å²) in [6, 6.07) is 21.3. The quantitative estimate of drug-likeness (QED) is 0.375. The molecule has 38 heavy (non-hydrogen) atoms. The van der Waals surface area contributed by atoms with E-state index in [-0.39, 0.29) is 23.0 Å². The number of carbonyl (C=O) groups is 2. The van der Waals surface area contributed by atoms with E-state index in [0.29, 0.717) is 12.3 Å². The zero-order valence-corrected chi connectivity index (χ0v) is 23.1. The van der Waals surface area contributed by atoms with Crippen molar-refractivity contribution >= 4 is 27.5 Å². The first-order valence-electron chi connectivity index (χ1n) is 12.5. The van der Waals surface area contributed by atoms with Gasteiger partial charge in [-0.25, -0.2) is 8.42 Å². The molecule has 0 aromatic heterocycles. The van der Waals surface area contributed by atoms with Gasteiger partial charge < -0.3 is 15.0 Å². The van der Waals surface area contributed by atoms with Gasteiger partial charge in [0.2, 0.25) is 11.8 Å². The van der Waals surface area contributed by atoms with Crippen LogP contribution >= 0.6 is 0 Å². The fourth-order valence-electron chi connectivity index (χ4n) is 3.88. The maximum Gasteiger partial charge on any atom is 0.264 e. The standard InChI is InChI=1S/C29H35N3O5S/c1-5-18-30-29(34)23(3)31(20-24-16-14-22(2)15-17-24)28(33)21-32(25-10-9-11-26(19-25)37-4)38(35,36)27-12-7-6-8-13-27/h6-17,19,23H,5,18,20-21H2,1-4H3,(H,30,34)/t23-/m1/s1. The molecule has 0 heterocycles. The molecular weight excluding hydrogens is 502 g/mol. The van der Waals surface area contributed by atoms with Crippen molar-refractivity contribution in [3.8, 4) is 5.75 Å². The predicted octanol–water partition coefficient (Wildman–Crippen LogP) is 4.14. The molecule has 0 aliphatic rings. The normalized spacial score (nSPS) is 11.9. The minimum atomic E-state index is -4.12. The Balaban J connectivity index is 2.02. The van der Waals surface area contributed by atoms with Crippen LogP contribution < -0.4 is 14.4 Å². The molecule has 3 aromatic rings. The Morgan fingerprint density at radius 3 is 2.29 bits per heavy atom. The topological polar surface area (TPSA) is 96.0 Å². The van der Waals surface area contributed by atoms with Crippen LogP contribution in [0.2, 0.25) is 0 Å². The summed E-state index contributed by atoms with van der Waals surface area (Å²) in [4.78, 5) is 28.2. The molecule has 0 radical (unpaired) electrons. The molecule has 3 aromatic carbocycles. The molecule has 0 spiro atoms. The van der Waals surface area contributed by atoms with E-state index in [1.165, 1.54) is 24.1 Å². The van der Waals surface area contributed by atoms with Crippen molar-refractivity contribution in [3.63, 3.8) is 0 Å². The van der Waals surface area contributed by atoms with Gasteiger partial charge in [0.1, 0.15) is 18.3 Å². The number of nitrogens with one attached hydrogen (secondary N) is 1. The number of ether oxygens (including phenoxy) is 1. The third kappa shape index (κ3) is 7.13. The first-order valence-corrected chi connectivity index (χ1v) is 14.0. The summed E-state index contributed by atoms with van der Waals surface area (Å²) in [5.74, 6) is -0.356. The summed E-state index contributed by atoms with van der Waals surface area (Å²) >= 11 is 0. The lowest BCUT2D eigenvalue weighted by molar-refractivity contribution is -0.139. The number of anilines is 1. The maximum atomic E-state index is 13.9. The highest BCUT2D eigenvalue weighted by atomic mass is 32.2. The smallest absolute Gasteiger partial charge is 0.264 e. The van der Waals surface area contributed by atoms with Crippen LogP contribution in [0.4, 0.5) is 5.69 Å². The monoisotopic (exact) mass is 537 g/mol.